The van der Waals surface area contributed by atoms with Crippen molar-refractivity contribution < 1.29 is 31.9 Å². The van der Waals surface area contributed by atoms with E-state index in [2.05, 4.69) is 10.3 Å². The monoisotopic (exact) mass is 654 g/mol. The van der Waals surface area contributed by atoms with Gasteiger partial charge in [0.2, 0.25) is 11.8 Å². The van der Waals surface area contributed by atoms with Crippen LogP contribution in [0.4, 0.5) is 29.1 Å². The number of benzene rings is 2. The first-order valence-electron chi connectivity index (χ1n) is 14.6. The molecule has 1 unspecified atom stereocenters. The number of aromatic nitrogens is 1. The largest absolute Gasteiger partial charge is 0.351 e. The molecule has 9 nitrogen and oxygen atoms in total. The second-order valence-corrected chi connectivity index (χ2v) is 12.1. The van der Waals surface area contributed by atoms with Crippen molar-refractivity contribution in [2.45, 2.75) is 55.8 Å². The van der Waals surface area contributed by atoms with E-state index >= 15 is 0 Å². The van der Waals surface area contributed by atoms with Crippen molar-refractivity contribution in [2.75, 3.05) is 22.9 Å². The lowest BCUT2D eigenvalue weighted by Gasteiger charge is -2.43. The minimum absolute atomic E-state index is 0.00124. The molecule has 1 N–H and O–H groups in total. The van der Waals surface area contributed by atoms with E-state index in [4.69, 9.17) is 11.6 Å². The van der Waals surface area contributed by atoms with Gasteiger partial charge in [0.25, 0.3) is 11.8 Å². The first-order valence-corrected chi connectivity index (χ1v) is 15.0. The third-order valence-electron chi connectivity index (χ3n) is 8.30. The Bertz CT molecular complexity index is 1720. The lowest BCUT2D eigenvalue weighted by molar-refractivity contribution is -0.133. The van der Waals surface area contributed by atoms with Gasteiger partial charge in [0.15, 0.2) is 0 Å². The van der Waals surface area contributed by atoms with Gasteiger partial charge in [0.1, 0.15) is 29.5 Å². The van der Waals surface area contributed by atoms with E-state index in [9.17, 15) is 37.2 Å². The lowest BCUT2D eigenvalue weighted by atomic mass is 9.87. The number of rotatable bonds is 8. The maximum atomic E-state index is 14.9. The molecule has 46 heavy (non-hydrogen) atoms. The van der Waals surface area contributed by atoms with E-state index in [0.717, 1.165) is 34.8 Å². The number of nitriles is 1. The van der Waals surface area contributed by atoms with Crippen LogP contribution < -0.4 is 15.1 Å². The zero-order valence-corrected chi connectivity index (χ0v) is 24.9. The fourth-order valence-electron chi connectivity index (χ4n) is 5.99. The lowest BCUT2D eigenvalue weighted by Crippen LogP contribution is -2.64. The number of carbonyl (C=O) groups excluding carboxylic acids is 3. The minimum Gasteiger partial charge on any atom is -0.351 e. The number of piperazine rings is 1. The first-order chi connectivity index (χ1) is 21.9. The Morgan fingerprint density at radius 2 is 1.78 bits per heavy atom. The van der Waals surface area contributed by atoms with E-state index in [1.54, 1.807) is 6.07 Å². The van der Waals surface area contributed by atoms with Crippen molar-refractivity contribution >= 4 is 40.8 Å². The van der Waals surface area contributed by atoms with Crippen LogP contribution in [-0.2, 0) is 14.4 Å². The molecule has 2 aliphatic carbocycles. The van der Waals surface area contributed by atoms with Crippen LogP contribution in [0.3, 0.4) is 0 Å². The number of nitrogens with zero attached hydrogens (tertiary/aromatic N) is 5. The van der Waals surface area contributed by atoms with Crippen molar-refractivity contribution in [3.8, 4) is 6.07 Å². The minimum atomic E-state index is -2.97. The average Bonchev–Trinajstić information content (AvgIpc) is 3.84. The van der Waals surface area contributed by atoms with E-state index in [1.165, 1.54) is 36.5 Å². The fourth-order valence-corrected chi connectivity index (χ4v) is 6.22. The van der Waals surface area contributed by atoms with Gasteiger partial charge in [-0.25, -0.2) is 22.5 Å². The maximum Gasteiger partial charge on any atom is 0.252 e. The number of alkyl halides is 2. The highest BCUT2D eigenvalue weighted by atomic mass is 35.5. The summed E-state index contributed by atoms with van der Waals surface area (Å²) >= 11 is 6.53. The Balaban J connectivity index is 1.49. The van der Waals surface area contributed by atoms with E-state index in [1.807, 2.05) is 11.0 Å². The molecule has 1 aliphatic heterocycles. The van der Waals surface area contributed by atoms with Crippen LogP contribution in [0.2, 0.25) is 5.02 Å². The molecule has 1 saturated heterocycles. The zero-order valence-electron chi connectivity index (χ0n) is 24.2. The standard InChI is InChI=1S/C32H27ClF4N6O3/c33-25-4-2-1-3-24(25)29(30(45)40-21-13-32(36,37)14-21)42(23-11-19(34)10-20(35)12-23)31(46)26-16-41(22-5-6-22)17-28(44)43(26)27-9-18(15-38)7-8-39-27/h1-4,7-12,21-22,26,29H,5-6,13-14,16-17H2,(H,40,45)/t26?,29-/m0/s1. The Morgan fingerprint density at radius 1 is 1.09 bits per heavy atom. The van der Waals surface area contributed by atoms with Crippen molar-refractivity contribution in [1.29, 1.82) is 5.26 Å². The zero-order chi connectivity index (χ0) is 32.7. The van der Waals surface area contributed by atoms with Crippen LogP contribution in [0.5, 0.6) is 0 Å². The number of nitrogens with one attached hydrogen (secondary N) is 1. The molecule has 2 aromatic carbocycles. The number of amides is 3. The van der Waals surface area contributed by atoms with Gasteiger partial charge in [-0.05, 0) is 43.2 Å². The summed E-state index contributed by atoms with van der Waals surface area (Å²) in [5.41, 5.74) is -0.136. The third kappa shape index (κ3) is 6.41. The van der Waals surface area contributed by atoms with Crippen LogP contribution in [0.15, 0.2) is 60.8 Å². The van der Waals surface area contributed by atoms with Crippen LogP contribution >= 0.6 is 11.6 Å². The Hall–Kier alpha value is -4.54. The van der Waals surface area contributed by atoms with E-state index < -0.39 is 66.2 Å². The Labute approximate surface area is 266 Å². The molecule has 6 rings (SSSR count). The highest BCUT2D eigenvalue weighted by Gasteiger charge is 2.49. The van der Waals surface area contributed by atoms with Gasteiger partial charge in [-0.15, -0.1) is 0 Å². The normalized spacial score (nSPS) is 20.4. The van der Waals surface area contributed by atoms with Crippen molar-refractivity contribution in [2.24, 2.45) is 0 Å². The second-order valence-electron chi connectivity index (χ2n) is 11.7. The first kappa shape index (κ1) is 31.4. The summed E-state index contributed by atoms with van der Waals surface area (Å²) in [6.45, 7) is -0.0699. The van der Waals surface area contributed by atoms with Crippen LogP contribution in [0.1, 0.15) is 42.9 Å². The van der Waals surface area contributed by atoms with Crippen molar-refractivity contribution in [3.05, 3.63) is 88.6 Å². The smallest absolute Gasteiger partial charge is 0.252 e. The summed E-state index contributed by atoms with van der Waals surface area (Å²) in [7, 11) is 0. The fraction of sp³-hybridized carbons (Fsp3) is 0.344. The van der Waals surface area contributed by atoms with Gasteiger partial charge < -0.3 is 5.32 Å². The molecular weight excluding hydrogens is 628 g/mol. The highest BCUT2D eigenvalue weighted by Crippen LogP contribution is 2.40. The quantitative estimate of drug-likeness (QED) is 0.351. The van der Waals surface area contributed by atoms with Crippen molar-refractivity contribution in [1.82, 2.24) is 15.2 Å². The van der Waals surface area contributed by atoms with E-state index in [0.29, 0.717) is 6.07 Å². The molecule has 3 aromatic rings. The number of hydrogen-bond donors (Lipinski definition) is 1. The van der Waals surface area contributed by atoms with Crippen molar-refractivity contribution in [3.63, 3.8) is 0 Å². The van der Waals surface area contributed by atoms with Gasteiger partial charge >= 0.3 is 0 Å². The number of hydrogen-bond acceptors (Lipinski definition) is 6. The molecule has 3 fully saturated rings. The number of pyridine rings is 1. The molecule has 0 radical (unpaired) electrons. The summed E-state index contributed by atoms with van der Waals surface area (Å²) in [6, 6.07) is 9.09. The molecule has 0 bridgehead atoms. The Kier molecular flexibility index (Phi) is 8.43. The molecule has 3 amide bonds. The molecule has 2 saturated carbocycles. The molecule has 2 heterocycles. The molecule has 2 atom stereocenters. The SMILES string of the molecule is N#Cc1ccnc(N2C(=O)CN(C3CC3)CC2C(=O)N(c2cc(F)cc(F)c2)[C@H](C(=O)NC2CC(F)(F)C2)c2ccccc2Cl)c1. The number of anilines is 2. The van der Waals surface area contributed by atoms with Crippen LogP contribution in [-0.4, -0.2) is 64.7 Å². The average molecular weight is 655 g/mol. The molecule has 238 valence electrons. The van der Waals surface area contributed by atoms with E-state index in [-0.39, 0.29) is 46.8 Å². The predicted octanol–water partition coefficient (Wildman–Crippen LogP) is 4.75. The third-order valence-corrected chi connectivity index (χ3v) is 8.65. The summed E-state index contributed by atoms with van der Waals surface area (Å²) in [6.07, 6.45) is 1.65. The van der Waals surface area contributed by atoms with Gasteiger partial charge in [0.05, 0.1) is 23.9 Å². The van der Waals surface area contributed by atoms with Gasteiger partial charge in [-0.2, -0.15) is 5.26 Å². The molecule has 0 spiro atoms. The second kappa shape index (κ2) is 12.3. The topological polar surface area (TPSA) is 110 Å². The van der Waals surface area contributed by atoms with Crippen LogP contribution in [0, 0.1) is 23.0 Å². The van der Waals surface area contributed by atoms with Crippen LogP contribution in [0.25, 0.3) is 0 Å². The summed E-state index contributed by atoms with van der Waals surface area (Å²) in [5, 5.41) is 12.1. The molecule has 14 heteroatoms. The Morgan fingerprint density at radius 3 is 2.41 bits per heavy atom. The molecule has 3 aliphatic rings. The van der Waals surface area contributed by atoms with Gasteiger partial charge in [0, 0.05) is 54.3 Å². The summed E-state index contributed by atoms with van der Waals surface area (Å²) in [5.74, 6) is -7.41. The predicted molar refractivity (Wildman–Crippen MR) is 159 cm³/mol. The van der Waals surface area contributed by atoms with Gasteiger partial charge in [-0.1, -0.05) is 29.8 Å². The number of carbonyl (C=O) groups is 3. The highest BCUT2D eigenvalue weighted by molar-refractivity contribution is 6.31. The summed E-state index contributed by atoms with van der Waals surface area (Å²) in [4.78, 5) is 50.7. The van der Waals surface area contributed by atoms with Gasteiger partial charge in [-0.3, -0.25) is 29.1 Å². The molecular formula is C32H27ClF4N6O3. The molecule has 1 aromatic heterocycles. The number of halogens is 5. The summed E-state index contributed by atoms with van der Waals surface area (Å²) < 4.78 is 57.0. The maximum absolute atomic E-state index is 14.9.